The molecule has 0 heterocycles. The van der Waals surface area contributed by atoms with Gasteiger partial charge in [0.1, 0.15) is 4.99 Å². The smallest absolute Gasteiger partial charge is 0.105 e. The molecule has 3 nitrogen and oxygen atoms in total. The second-order valence-corrected chi connectivity index (χ2v) is 6.41. The largest absolute Gasteiger partial charge is 0.389 e. The number of rotatable bonds is 6. The summed E-state index contributed by atoms with van der Waals surface area (Å²) in [6.07, 6.45) is 6.88. The summed E-state index contributed by atoms with van der Waals surface area (Å²) in [4.78, 5) is 0.407. The number of nitrogens with one attached hydrogen (secondary N) is 1. The minimum Gasteiger partial charge on any atom is -0.389 e. The van der Waals surface area contributed by atoms with Crippen molar-refractivity contribution in [2.45, 2.75) is 38.2 Å². The molecule has 0 spiro atoms. The summed E-state index contributed by atoms with van der Waals surface area (Å²) < 4.78 is 6.80. The highest BCUT2D eigenvalue weighted by Crippen LogP contribution is 2.22. The standard InChI is InChI=1S/C15H21BrN2OS/c16-14-10-11(6-7-13(14)15(17)20)18-8-9-19-12-4-2-1-3-5-12/h6-7,10,12,18H,1-5,8-9H2,(H2,17,20). The fourth-order valence-corrected chi connectivity index (χ4v) is 3.38. The molecule has 0 unspecified atom stereocenters. The highest BCUT2D eigenvalue weighted by atomic mass is 79.9. The molecule has 1 aliphatic carbocycles. The molecule has 5 heteroatoms. The Hall–Kier alpha value is -0.650. The summed E-state index contributed by atoms with van der Waals surface area (Å²) in [5.74, 6) is 0. The molecular formula is C15H21BrN2OS. The van der Waals surface area contributed by atoms with E-state index in [2.05, 4.69) is 21.2 Å². The number of anilines is 1. The molecule has 0 amide bonds. The van der Waals surface area contributed by atoms with Crippen LogP contribution in [0.15, 0.2) is 22.7 Å². The molecular weight excluding hydrogens is 336 g/mol. The molecule has 0 aliphatic heterocycles. The Kier molecular flexibility index (Phi) is 6.26. The maximum absolute atomic E-state index is 5.88. The van der Waals surface area contributed by atoms with Crippen LogP contribution in [0.5, 0.6) is 0 Å². The summed E-state index contributed by atoms with van der Waals surface area (Å²) >= 11 is 8.46. The lowest BCUT2D eigenvalue weighted by Crippen LogP contribution is -2.20. The quantitative estimate of drug-likeness (QED) is 0.600. The normalized spacial score (nSPS) is 16.1. The Morgan fingerprint density at radius 1 is 1.35 bits per heavy atom. The van der Waals surface area contributed by atoms with Crippen LogP contribution < -0.4 is 11.1 Å². The lowest BCUT2D eigenvalue weighted by Gasteiger charge is -2.22. The van der Waals surface area contributed by atoms with Crippen molar-refractivity contribution in [1.82, 2.24) is 0 Å². The first-order valence-electron chi connectivity index (χ1n) is 7.11. The summed E-state index contributed by atoms with van der Waals surface area (Å²) in [6.45, 7) is 1.56. The third-order valence-electron chi connectivity index (χ3n) is 3.57. The van der Waals surface area contributed by atoms with Gasteiger partial charge in [0.2, 0.25) is 0 Å². The molecule has 0 aromatic heterocycles. The van der Waals surface area contributed by atoms with Crippen molar-refractivity contribution in [2.75, 3.05) is 18.5 Å². The predicted molar refractivity (Wildman–Crippen MR) is 91.3 cm³/mol. The zero-order valence-corrected chi connectivity index (χ0v) is 13.9. The molecule has 1 fully saturated rings. The highest BCUT2D eigenvalue weighted by Gasteiger charge is 2.13. The third kappa shape index (κ3) is 4.72. The first-order valence-corrected chi connectivity index (χ1v) is 8.32. The molecule has 1 aromatic carbocycles. The number of nitrogens with two attached hydrogens (primary N) is 1. The second kappa shape index (κ2) is 7.96. The maximum atomic E-state index is 5.88. The first kappa shape index (κ1) is 15.7. The van der Waals surface area contributed by atoms with Crippen LogP contribution in [-0.4, -0.2) is 24.2 Å². The number of hydrogen-bond donors (Lipinski definition) is 2. The van der Waals surface area contributed by atoms with Gasteiger partial charge in [0.25, 0.3) is 0 Å². The van der Waals surface area contributed by atoms with Crippen molar-refractivity contribution in [1.29, 1.82) is 0 Å². The Morgan fingerprint density at radius 3 is 2.75 bits per heavy atom. The van der Waals surface area contributed by atoms with Crippen LogP contribution in [0.2, 0.25) is 0 Å². The van der Waals surface area contributed by atoms with E-state index in [0.717, 1.165) is 28.9 Å². The molecule has 1 aliphatic rings. The molecule has 3 N–H and O–H groups in total. The Labute approximate surface area is 134 Å². The maximum Gasteiger partial charge on any atom is 0.105 e. The van der Waals surface area contributed by atoms with E-state index in [0.29, 0.717) is 11.1 Å². The monoisotopic (exact) mass is 356 g/mol. The minimum absolute atomic E-state index is 0.407. The molecule has 110 valence electrons. The van der Waals surface area contributed by atoms with Crippen LogP contribution in [0.3, 0.4) is 0 Å². The molecule has 0 bridgehead atoms. The van der Waals surface area contributed by atoms with Gasteiger partial charge >= 0.3 is 0 Å². The molecule has 1 aromatic rings. The van der Waals surface area contributed by atoms with Gasteiger partial charge < -0.3 is 15.8 Å². The van der Waals surface area contributed by atoms with Crippen molar-refractivity contribution in [2.24, 2.45) is 5.73 Å². The number of ether oxygens (including phenoxy) is 1. The average molecular weight is 357 g/mol. The van der Waals surface area contributed by atoms with E-state index in [-0.39, 0.29) is 0 Å². The van der Waals surface area contributed by atoms with Crippen molar-refractivity contribution >= 4 is 38.8 Å². The van der Waals surface area contributed by atoms with Crippen LogP contribution in [0, 0.1) is 0 Å². The predicted octanol–water partition coefficient (Wildman–Crippen LogP) is 3.84. The van der Waals surface area contributed by atoms with Gasteiger partial charge in [-0.15, -0.1) is 0 Å². The third-order valence-corrected chi connectivity index (χ3v) is 4.45. The van der Waals surface area contributed by atoms with Crippen molar-refractivity contribution in [3.05, 3.63) is 28.2 Å². The summed E-state index contributed by atoms with van der Waals surface area (Å²) in [5.41, 5.74) is 7.54. The zero-order valence-electron chi connectivity index (χ0n) is 11.5. The lowest BCUT2D eigenvalue weighted by molar-refractivity contribution is 0.0347. The van der Waals surface area contributed by atoms with Crippen LogP contribution in [0.25, 0.3) is 0 Å². The lowest BCUT2D eigenvalue weighted by atomic mass is 9.98. The molecule has 0 saturated heterocycles. The Morgan fingerprint density at radius 2 is 2.10 bits per heavy atom. The highest BCUT2D eigenvalue weighted by molar-refractivity contribution is 9.10. The van der Waals surface area contributed by atoms with Crippen molar-refractivity contribution < 1.29 is 4.74 Å². The Bertz CT molecular complexity index is 461. The first-order chi connectivity index (χ1) is 9.66. The number of thiocarbonyl (C=S) groups is 1. The van der Waals surface area contributed by atoms with Gasteiger partial charge in [-0.2, -0.15) is 0 Å². The van der Waals surface area contributed by atoms with E-state index in [1.165, 1.54) is 32.1 Å². The van der Waals surface area contributed by atoms with Gasteiger partial charge in [0, 0.05) is 22.3 Å². The van der Waals surface area contributed by atoms with E-state index in [1.54, 1.807) is 0 Å². The average Bonchev–Trinajstić information content (AvgIpc) is 2.44. The summed E-state index contributed by atoms with van der Waals surface area (Å²) in [5, 5.41) is 3.35. The number of benzene rings is 1. The fourth-order valence-electron chi connectivity index (χ4n) is 2.48. The van der Waals surface area contributed by atoms with Crippen LogP contribution in [0.4, 0.5) is 5.69 Å². The van der Waals surface area contributed by atoms with E-state index < -0.39 is 0 Å². The van der Waals surface area contributed by atoms with E-state index >= 15 is 0 Å². The summed E-state index contributed by atoms with van der Waals surface area (Å²) in [6, 6.07) is 5.91. The van der Waals surface area contributed by atoms with Crippen molar-refractivity contribution in [3.8, 4) is 0 Å². The van der Waals surface area contributed by atoms with E-state index in [4.69, 9.17) is 22.7 Å². The van der Waals surface area contributed by atoms with Crippen LogP contribution >= 0.6 is 28.1 Å². The minimum atomic E-state index is 0.407. The molecule has 1 saturated carbocycles. The topological polar surface area (TPSA) is 47.3 Å². The molecule has 20 heavy (non-hydrogen) atoms. The van der Waals surface area contributed by atoms with Gasteiger partial charge in [-0.25, -0.2) is 0 Å². The van der Waals surface area contributed by atoms with E-state index in [1.807, 2.05) is 18.2 Å². The van der Waals surface area contributed by atoms with Crippen molar-refractivity contribution in [3.63, 3.8) is 0 Å². The van der Waals surface area contributed by atoms with Gasteiger partial charge in [0.05, 0.1) is 12.7 Å². The molecule has 2 rings (SSSR count). The van der Waals surface area contributed by atoms with Gasteiger partial charge in [0.15, 0.2) is 0 Å². The number of hydrogen-bond acceptors (Lipinski definition) is 3. The summed E-state index contributed by atoms with van der Waals surface area (Å²) in [7, 11) is 0. The van der Waals surface area contributed by atoms with Crippen LogP contribution in [0.1, 0.15) is 37.7 Å². The second-order valence-electron chi connectivity index (χ2n) is 5.12. The van der Waals surface area contributed by atoms with E-state index in [9.17, 15) is 0 Å². The molecule has 0 atom stereocenters. The molecule has 0 radical (unpaired) electrons. The zero-order chi connectivity index (χ0) is 14.4. The fraction of sp³-hybridized carbons (Fsp3) is 0.533. The van der Waals surface area contributed by atoms with Gasteiger partial charge in [-0.05, 0) is 47.0 Å². The van der Waals surface area contributed by atoms with Gasteiger partial charge in [-0.1, -0.05) is 31.5 Å². The van der Waals surface area contributed by atoms with Crippen LogP contribution in [-0.2, 0) is 4.74 Å². The SMILES string of the molecule is NC(=S)c1ccc(NCCOC2CCCCC2)cc1Br. The van der Waals surface area contributed by atoms with Gasteiger partial charge in [-0.3, -0.25) is 0 Å². The Balaban J connectivity index is 1.73. The number of halogens is 1.